The molecule has 0 unspecified atom stereocenters. The van der Waals surface area contributed by atoms with Gasteiger partial charge in [-0.2, -0.15) is 5.26 Å². The molecule has 3 nitrogen and oxygen atoms in total. The van der Waals surface area contributed by atoms with Gasteiger partial charge in [-0.25, -0.2) is 0 Å². The molecule has 0 aromatic carbocycles. The van der Waals surface area contributed by atoms with Crippen LogP contribution in [0.1, 0.15) is 10.6 Å². The second kappa shape index (κ2) is 4.30. The molecule has 2 aromatic rings. The molecule has 2 aromatic heterocycles. The van der Waals surface area contributed by atoms with Crippen molar-refractivity contribution in [2.45, 2.75) is 0 Å². The first kappa shape index (κ1) is 9.97. The zero-order valence-electron chi connectivity index (χ0n) is 7.48. The quantitative estimate of drug-likeness (QED) is 0.751. The largest absolute Gasteiger partial charge is 0.356 e. The molecule has 15 heavy (non-hydrogen) atoms. The summed E-state index contributed by atoms with van der Waals surface area (Å²) in [5.74, 6) is 0.460. The van der Waals surface area contributed by atoms with E-state index in [-0.39, 0.29) is 0 Å². The van der Waals surface area contributed by atoms with Crippen LogP contribution >= 0.6 is 22.9 Å². The van der Waals surface area contributed by atoms with E-state index in [2.05, 4.69) is 11.2 Å². The van der Waals surface area contributed by atoms with Crippen molar-refractivity contribution in [2.75, 3.05) is 0 Å². The fraction of sp³-hybridized carbons (Fsp3) is 0. The van der Waals surface area contributed by atoms with Crippen molar-refractivity contribution in [3.05, 3.63) is 39.4 Å². The van der Waals surface area contributed by atoms with E-state index in [1.165, 1.54) is 17.5 Å². The Labute approximate surface area is 95.2 Å². The van der Waals surface area contributed by atoms with Crippen molar-refractivity contribution in [1.82, 2.24) is 5.16 Å². The molecule has 0 radical (unpaired) electrons. The van der Waals surface area contributed by atoms with Crippen molar-refractivity contribution in [2.24, 2.45) is 0 Å². The highest BCUT2D eigenvalue weighted by molar-refractivity contribution is 7.17. The number of nitriles is 1. The van der Waals surface area contributed by atoms with Crippen molar-refractivity contribution in [1.29, 1.82) is 5.26 Å². The number of nitrogens with zero attached hydrogens (tertiary/aromatic N) is 2. The van der Waals surface area contributed by atoms with Gasteiger partial charge in [-0.05, 0) is 18.2 Å². The molecule has 5 heteroatoms. The summed E-state index contributed by atoms with van der Waals surface area (Å²) in [5.41, 5.74) is 0.436. The number of hydrogen-bond acceptors (Lipinski definition) is 4. The maximum Gasteiger partial charge on any atom is 0.177 e. The molecule has 0 spiro atoms. The predicted molar refractivity (Wildman–Crippen MR) is 59.3 cm³/mol. The predicted octanol–water partition coefficient (Wildman–Crippen LogP) is 3.45. The molecule has 74 valence electrons. The number of thiophene rings is 1. The lowest BCUT2D eigenvalue weighted by molar-refractivity contribution is 0.411. The van der Waals surface area contributed by atoms with Gasteiger partial charge < -0.3 is 4.52 Å². The molecule has 0 amide bonds. The van der Waals surface area contributed by atoms with E-state index in [9.17, 15) is 0 Å². The van der Waals surface area contributed by atoms with Crippen LogP contribution in [0.15, 0.2) is 28.9 Å². The number of halogens is 1. The van der Waals surface area contributed by atoms with Gasteiger partial charge >= 0.3 is 0 Å². The van der Waals surface area contributed by atoms with E-state index in [4.69, 9.17) is 21.4 Å². The van der Waals surface area contributed by atoms with Crippen LogP contribution in [0.25, 0.3) is 11.6 Å². The smallest absolute Gasteiger partial charge is 0.177 e. The Hall–Kier alpha value is -1.57. The van der Waals surface area contributed by atoms with Crippen LogP contribution in [0, 0.1) is 11.3 Å². The second-order valence-electron chi connectivity index (χ2n) is 2.69. The number of aromatic nitrogens is 1. The third kappa shape index (κ3) is 2.27. The van der Waals surface area contributed by atoms with Crippen molar-refractivity contribution in [3.63, 3.8) is 0 Å². The highest BCUT2D eigenvalue weighted by Gasteiger charge is 2.05. The first-order valence-corrected chi connectivity index (χ1v) is 5.27. The molecule has 0 saturated heterocycles. The topological polar surface area (TPSA) is 49.8 Å². The summed E-state index contributed by atoms with van der Waals surface area (Å²) in [6, 6.07) is 7.33. The minimum atomic E-state index is 0.436. The fourth-order valence-corrected chi connectivity index (χ4v) is 2.07. The van der Waals surface area contributed by atoms with Gasteiger partial charge in [0.15, 0.2) is 5.76 Å². The highest BCUT2D eigenvalue weighted by atomic mass is 35.5. The first-order valence-electron chi connectivity index (χ1n) is 4.08. The zero-order chi connectivity index (χ0) is 10.7. The Kier molecular flexibility index (Phi) is 2.86. The Balaban J connectivity index is 2.36. The Morgan fingerprint density at radius 2 is 2.40 bits per heavy atom. The summed E-state index contributed by atoms with van der Waals surface area (Å²) in [5, 5.41) is 12.5. The van der Waals surface area contributed by atoms with E-state index in [0.717, 1.165) is 4.88 Å². The van der Waals surface area contributed by atoms with Gasteiger partial charge in [0, 0.05) is 10.9 Å². The average molecular weight is 237 g/mol. The van der Waals surface area contributed by atoms with E-state index in [0.29, 0.717) is 15.7 Å². The maximum absolute atomic E-state index is 8.93. The highest BCUT2D eigenvalue weighted by Crippen LogP contribution is 2.25. The molecule has 0 aliphatic rings. The third-order valence-electron chi connectivity index (χ3n) is 1.70. The van der Waals surface area contributed by atoms with Crippen LogP contribution in [-0.4, -0.2) is 5.16 Å². The molecular weight excluding hydrogens is 232 g/mol. The van der Waals surface area contributed by atoms with Gasteiger partial charge in [-0.1, -0.05) is 16.8 Å². The summed E-state index contributed by atoms with van der Waals surface area (Å²) in [7, 11) is 0. The van der Waals surface area contributed by atoms with E-state index in [1.54, 1.807) is 18.2 Å². The fourth-order valence-electron chi connectivity index (χ4n) is 1.06. The number of rotatable bonds is 2. The molecule has 0 atom stereocenters. The Morgan fingerprint density at radius 3 is 2.93 bits per heavy atom. The lowest BCUT2D eigenvalue weighted by atomic mass is 10.2. The minimum Gasteiger partial charge on any atom is -0.356 e. The van der Waals surface area contributed by atoms with Crippen LogP contribution in [-0.2, 0) is 0 Å². The molecule has 0 bridgehead atoms. The van der Waals surface area contributed by atoms with Gasteiger partial charge in [-0.3, -0.25) is 0 Å². The SMILES string of the molecule is N#CC(=Cc1ccc(Cl)s1)c1ccno1. The van der Waals surface area contributed by atoms with Crippen molar-refractivity contribution < 1.29 is 4.52 Å². The van der Waals surface area contributed by atoms with Crippen molar-refractivity contribution >= 4 is 34.6 Å². The Bertz CT molecular complexity index is 522. The lowest BCUT2D eigenvalue weighted by Crippen LogP contribution is -1.75. The standard InChI is InChI=1S/C10H5ClN2OS/c11-10-2-1-8(15-10)5-7(6-12)9-3-4-13-14-9/h1-5H. The molecule has 0 fully saturated rings. The second-order valence-corrected chi connectivity index (χ2v) is 4.44. The van der Waals surface area contributed by atoms with E-state index < -0.39 is 0 Å². The summed E-state index contributed by atoms with van der Waals surface area (Å²) in [6.45, 7) is 0. The van der Waals surface area contributed by atoms with Crippen molar-refractivity contribution in [3.8, 4) is 6.07 Å². The molecular formula is C10H5ClN2OS. The monoisotopic (exact) mass is 236 g/mol. The molecule has 0 aliphatic heterocycles. The number of allylic oxidation sites excluding steroid dienone is 1. The van der Waals surface area contributed by atoms with Gasteiger partial charge in [-0.15, -0.1) is 11.3 Å². The van der Waals surface area contributed by atoms with Crippen LogP contribution < -0.4 is 0 Å². The van der Waals surface area contributed by atoms with Gasteiger partial charge in [0.2, 0.25) is 0 Å². The summed E-state index contributed by atoms with van der Waals surface area (Å²) in [4.78, 5) is 0.910. The van der Waals surface area contributed by atoms with Gasteiger partial charge in [0.25, 0.3) is 0 Å². The maximum atomic E-state index is 8.93. The van der Waals surface area contributed by atoms with Crippen LogP contribution in [0.2, 0.25) is 4.34 Å². The normalized spacial score (nSPS) is 11.3. The minimum absolute atomic E-state index is 0.436. The molecule has 0 saturated carbocycles. The summed E-state index contributed by atoms with van der Waals surface area (Å²) >= 11 is 7.19. The van der Waals surface area contributed by atoms with Gasteiger partial charge in [0.1, 0.15) is 6.07 Å². The molecule has 0 N–H and O–H groups in total. The molecule has 0 aliphatic carbocycles. The van der Waals surface area contributed by atoms with Crippen LogP contribution in [0.3, 0.4) is 0 Å². The third-order valence-corrected chi connectivity index (χ3v) is 2.88. The molecule has 2 heterocycles. The van der Waals surface area contributed by atoms with Crippen LogP contribution in [0.5, 0.6) is 0 Å². The van der Waals surface area contributed by atoms with E-state index >= 15 is 0 Å². The first-order chi connectivity index (χ1) is 7.29. The molecule has 2 rings (SSSR count). The summed E-state index contributed by atoms with van der Waals surface area (Å²) in [6.07, 6.45) is 3.22. The summed E-state index contributed by atoms with van der Waals surface area (Å²) < 4.78 is 5.59. The average Bonchev–Trinajstić information content (AvgIpc) is 2.85. The van der Waals surface area contributed by atoms with Gasteiger partial charge in [0.05, 0.1) is 16.1 Å². The number of hydrogen-bond donors (Lipinski definition) is 0. The lowest BCUT2D eigenvalue weighted by Gasteiger charge is -1.89. The zero-order valence-corrected chi connectivity index (χ0v) is 9.05. The Morgan fingerprint density at radius 1 is 1.53 bits per heavy atom. The van der Waals surface area contributed by atoms with Crippen LogP contribution in [0.4, 0.5) is 0 Å². The van der Waals surface area contributed by atoms with E-state index in [1.807, 2.05) is 6.07 Å².